The minimum atomic E-state index is 0.592. The minimum Gasteiger partial charge on any atom is -0.332 e. The molecule has 2 nitrogen and oxygen atoms in total. The molecular weight excluding hydrogens is 436 g/mol. The Balaban J connectivity index is 2.11. The number of aromatic nitrogens is 2. The fourth-order valence-electron chi connectivity index (χ4n) is 5.89. The van der Waals surface area contributed by atoms with E-state index in [1.807, 2.05) is 0 Å². The van der Waals surface area contributed by atoms with Crippen LogP contribution in [-0.2, 0) is 0 Å². The van der Waals surface area contributed by atoms with Crippen LogP contribution in [0.15, 0.2) is 12.4 Å². The molecule has 0 saturated heterocycles. The molecule has 212 valence electrons. The van der Waals surface area contributed by atoms with Crippen LogP contribution >= 0.6 is 0 Å². The van der Waals surface area contributed by atoms with Crippen molar-refractivity contribution in [3.8, 4) is 0 Å². The lowest BCUT2D eigenvalue weighted by atomic mass is 9.94. The predicted molar refractivity (Wildman–Crippen MR) is 162 cm³/mol. The van der Waals surface area contributed by atoms with Gasteiger partial charge in [0, 0.05) is 24.4 Å². The van der Waals surface area contributed by atoms with Gasteiger partial charge in [0.2, 0.25) is 0 Å². The zero-order chi connectivity index (χ0) is 26.1. The maximum atomic E-state index is 4.87. The summed E-state index contributed by atoms with van der Waals surface area (Å²) in [7, 11) is 0. The Morgan fingerprint density at radius 2 is 0.944 bits per heavy atom. The van der Waals surface area contributed by atoms with Crippen molar-refractivity contribution in [2.45, 2.75) is 200 Å². The van der Waals surface area contributed by atoms with E-state index in [9.17, 15) is 0 Å². The van der Waals surface area contributed by atoms with Crippen LogP contribution in [0.3, 0.4) is 0 Å². The summed E-state index contributed by atoms with van der Waals surface area (Å²) in [4.78, 5) is 4.87. The van der Waals surface area contributed by atoms with Gasteiger partial charge in [-0.15, -0.1) is 0 Å². The summed E-state index contributed by atoms with van der Waals surface area (Å²) in [6.07, 6.45) is 39.5. The second kappa shape index (κ2) is 24.5. The van der Waals surface area contributed by atoms with Crippen molar-refractivity contribution in [2.24, 2.45) is 0 Å². The first-order valence-corrected chi connectivity index (χ1v) is 16.8. The van der Waals surface area contributed by atoms with Crippen LogP contribution in [0.5, 0.6) is 0 Å². The molecule has 0 aromatic carbocycles. The first-order valence-electron chi connectivity index (χ1n) is 16.8. The molecule has 0 bridgehead atoms. The normalized spacial score (nSPS) is 13.3. The van der Waals surface area contributed by atoms with E-state index in [-0.39, 0.29) is 0 Å². The molecule has 2 atom stereocenters. The SMILES string of the molecule is CCCCCCCCCCCCCCCCCCC(CCC)c1nccn1C(C)CCCCCCC. The molecule has 0 spiro atoms. The predicted octanol–water partition coefficient (Wildman–Crippen LogP) is 12.3. The van der Waals surface area contributed by atoms with E-state index in [0.29, 0.717) is 12.0 Å². The summed E-state index contributed by atoms with van der Waals surface area (Å²) < 4.78 is 2.52. The molecule has 1 aromatic heterocycles. The Labute approximate surface area is 227 Å². The highest BCUT2D eigenvalue weighted by atomic mass is 15.1. The third-order valence-electron chi connectivity index (χ3n) is 8.31. The molecule has 0 saturated carbocycles. The molecule has 0 aliphatic heterocycles. The molecule has 0 aliphatic carbocycles. The number of nitrogens with zero attached hydrogens (tertiary/aromatic N) is 2. The molecule has 0 radical (unpaired) electrons. The number of rotatable bonds is 27. The van der Waals surface area contributed by atoms with Crippen molar-refractivity contribution in [3.05, 3.63) is 18.2 Å². The summed E-state index contributed by atoms with van der Waals surface area (Å²) in [5.74, 6) is 2.03. The van der Waals surface area contributed by atoms with Crippen LogP contribution < -0.4 is 0 Å². The molecule has 0 N–H and O–H groups in total. The molecule has 2 unspecified atom stereocenters. The van der Waals surface area contributed by atoms with E-state index in [4.69, 9.17) is 4.98 Å². The highest BCUT2D eigenvalue weighted by Crippen LogP contribution is 2.29. The molecule has 36 heavy (non-hydrogen) atoms. The average molecular weight is 503 g/mol. The summed E-state index contributed by atoms with van der Waals surface area (Å²) in [6, 6.07) is 0.592. The van der Waals surface area contributed by atoms with Gasteiger partial charge in [-0.05, 0) is 26.2 Å². The smallest absolute Gasteiger partial charge is 0.111 e. The highest BCUT2D eigenvalue weighted by Gasteiger charge is 2.18. The molecule has 0 aliphatic rings. The van der Waals surface area contributed by atoms with Crippen molar-refractivity contribution in [3.63, 3.8) is 0 Å². The van der Waals surface area contributed by atoms with Gasteiger partial charge >= 0.3 is 0 Å². The first kappa shape index (κ1) is 33.2. The van der Waals surface area contributed by atoms with E-state index < -0.39 is 0 Å². The lowest BCUT2D eigenvalue weighted by molar-refractivity contribution is 0.420. The van der Waals surface area contributed by atoms with Gasteiger partial charge in [-0.25, -0.2) is 4.98 Å². The largest absolute Gasteiger partial charge is 0.332 e. The van der Waals surface area contributed by atoms with Crippen LogP contribution in [0.4, 0.5) is 0 Å². The van der Waals surface area contributed by atoms with E-state index in [1.54, 1.807) is 0 Å². The summed E-state index contributed by atoms with van der Waals surface area (Å²) in [6.45, 7) is 9.35. The Kier molecular flexibility index (Phi) is 22.7. The van der Waals surface area contributed by atoms with Crippen LogP contribution in [0.2, 0.25) is 0 Å². The van der Waals surface area contributed by atoms with Crippen molar-refractivity contribution in [1.29, 1.82) is 0 Å². The molecule has 1 rings (SSSR count). The van der Waals surface area contributed by atoms with Crippen molar-refractivity contribution in [2.75, 3.05) is 0 Å². The van der Waals surface area contributed by atoms with Crippen LogP contribution in [0.25, 0.3) is 0 Å². The number of hydrogen-bond acceptors (Lipinski definition) is 1. The fraction of sp³-hybridized carbons (Fsp3) is 0.912. The third kappa shape index (κ3) is 16.9. The average Bonchev–Trinajstić information content (AvgIpc) is 3.37. The molecule has 1 heterocycles. The Morgan fingerprint density at radius 1 is 0.528 bits per heavy atom. The van der Waals surface area contributed by atoms with Crippen LogP contribution in [-0.4, -0.2) is 9.55 Å². The molecule has 0 fully saturated rings. The number of unbranched alkanes of at least 4 members (excludes halogenated alkanes) is 19. The van der Waals surface area contributed by atoms with Crippen molar-refractivity contribution < 1.29 is 0 Å². The topological polar surface area (TPSA) is 17.8 Å². The zero-order valence-corrected chi connectivity index (χ0v) is 25.4. The van der Waals surface area contributed by atoms with Gasteiger partial charge in [-0.3, -0.25) is 0 Å². The van der Waals surface area contributed by atoms with E-state index in [2.05, 4.69) is 44.7 Å². The van der Waals surface area contributed by atoms with E-state index in [1.165, 1.54) is 166 Å². The van der Waals surface area contributed by atoms with Crippen LogP contribution in [0.1, 0.15) is 206 Å². The van der Waals surface area contributed by atoms with Gasteiger partial charge < -0.3 is 4.57 Å². The summed E-state index contributed by atoms with van der Waals surface area (Å²) >= 11 is 0. The Hall–Kier alpha value is -0.790. The second-order valence-corrected chi connectivity index (χ2v) is 11.8. The van der Waals surface area contributed by atoms with E-state index in [0.717, 1.165) is 0 Å². The molecule has 1 aromatic rings. The summed E-state index contributed by atoms with van der Waals surface area (Å²) in [5.41, 5.74) is 0. The van der Waals surface area contributed by atoms with Gasteiger partial charge in [0.15, 0.2) is 0 Å². The van der Waals surface area contributed by atoms with Crippen molar-refractivity contribution >= 4 is 0 Å². The quantitative estimate of drug-likeness (QED) is 0.109. The summed E-state index contributed by atoms with van der Waals surface area (Å²) in [5, 5.41) is 0. The highest BCUT2D eigenvalue weighted by molar-refractivity contribution is 5.02. The number of hydrogen-bond donors (Lipinski definition) is 0. The standard InChI is InChI=1S/C34H66N2/c1-5-8-10-12-13-14-15-16-17-18-19-20-21-22-24-26-29-33(27-7-3)34-35-30-31-36(34)32(4)28-25-23-11-9-6-2/h30-33H,5-29H2,1-4H3. The maximum Gasteiger partial charge on any atom is 0.111 e. The van der Waals surface area contributed by atoms with Gasteiger partial charge in [-0.1, -0.05) is 162 Å². The number of imidazole rings is 1. The minimum absolute atomic E-state index is 0.592. The molecule has 0 amide bonds. The van der Waals surface area contributed by atoms with Gasteiger partial charge in [0.25, 0.3) is 0 Å². The van der Waals surface area contributed by atoms with Crippen LogP contribution in [0, 0.1) is 0 Å². The molecular formula is C34H66N2. The second-order valence-electron chi connectivity index (χ2n) is 11.8. The van der Waals surface area contributed by atoms with Gasteiger partial charge in [0.05, 0.1) is 0 Å². The lowest BCUT2D eigenvalue weighted by Gasteiger charge is -2.22. The fourth-order valence-corrected chi connectivity index (χ4v) is 5.89. The van der Waals surface area contributed by atoms with Crippen molar-refractivity contribution in [1.82, 2.24) is 9.55 Å². The first-order chi connectivity index (χ1) is 17.7. The van der Waals surface area contributed by atoms with Gasteiger partial charge in [-0.2, -0.15) is 0 Å². The van der Waals surface area contributed by atoms with E-state index >= 15 is 0 Å². The maximum absolute atomic E-state index is 4.87. The monoisotopic (exact) mass is 503 g/mol. The molecule has 2 heteroatoms. The van der Waals surface area contributed by atoms with Gasteiger partial charge in [0.1, 0.15) is 5.82 Å². The Bertz CT molecular complexity index is 563. The Morgan fingerprint density at radius 3 is 1.39 bits per heavy atom. The zero-order valence-electron chi connectivity index (χ0n) is 25.4. The third-order valence-corrected chi connectivity index (χ3v) is 8.31. The lowest BCUT2D eigenvalue weighted by Crippen LogP contribution is -2.13.